The van der Waals surface area contributed by atoms with Crippen LogP contribution >= 0.6 is 11.3 Å². The minimum Gasteiger partial charge on any atom is -0.379 e. The van der Waals surface area contributed by atoms with Crippen LogP contribution in [0.4, 0.5) is 0 Å². The van der Waals surface area contributed by atoms with Crippen molar-refractivity contribution in [1.29, 1.82) is 0 Å². The van der Waals surface area contributed by atoms with Crippen molar-refractivity contribution < 1.29 is 4.74 Å². The molecule has 0 radical (unpaired) electrons. The Morgan fingerprint density at radius 1 is 1.33 bits per heavy atom. The van der Waals surface area contributed by atoms with Crippen LogP contribution in [0.5, 0.6) is 0 Å². The highest BCUT2D eigenvalue weighted by Crippen LogP contribution is 2.18. The predicted molar refractivity (Wildman–Crippen MR) is 99.0 cm³/mol. The Morgan fingerprint density at radius 2 is 2.12 bits per heavy atom. The summed E-state index contributed by atoms with van der Waals surface area (Å²) in [6.07, 6.45) is 2.23. The third kappa shape index (κ3) is 4.26. The van der Waals surface area contributed by atoms with E-state index in [4.69, 9.17) is 4.74 Å². The van der Waals surface area contributed by atoms with Crippen LogP contribution in [-0.4, -0.2) is 79.8 Å². The van der Waals surface area contributed by atoms with Crippen molar-refractivity contribution in [3.05, 3.63) is 15.6 Å². The molecule has 1 atom stereocenters. The van der Waals surface area contributed by atoms with Crippen molar-refractivity contribution >= 4 is 17.3 Å². The van der Waals surface area contributed by atoms with Crippen LogP contribution in [0.2, 0.25) is 0 Å². The highest BCUT2D eigenvalue weighted by Gasteiger charge is 2.30. The van der Waals surface area contributed by atoms with Gasteiger partial charge >= 0.3 is 0 Å². The molecule has 7 heteroatoms. The monoisotopic (exact) mass is 351 g/mol. The molecule has 0 spiro atoms. The molecule has 1 unspecified atom stereocenters. The molecule has 2 aliphatic heterocycles. The fourth-order valence-corrected chi connectivity index (χ4v) is 4.54. The SMILES string of the molecule is CN=C(NCCc1sc(C)nc1C)N1CCC(N2CCOCC2)C1. The van der Waals surface area contributed by atoms with E-state index in [0.717, 1.165) is 63.3 Å². The lowest BCUT2D eigenvalue weighted by Gasteiger charge is -2.32. The number of aryl methyl sites for hydroxylation is 2. The molecule has 3 heterocycles. The number of ether oxygens (including phenoxy) is 1. The molecule has 6 nitrogen and oxygen atoms in total. The molecule has 3 rings (SSSR count). The molecule has 2 saturated heterocycles. The van der Waals surface area contributed by atoms with E-state index in [1.165, 1.54) is 17.0 Å². The number of likely N-dealkylation sites (tertiary alicyclic amines) is 1. The fourth-order valence-electron chi connectivity index (χ4n) is 3.60. The van der Waals surface area contributed by atoms with E-state index in [2.05, 4.69) is 38.9 Å². The lowest BCUT2D eigenvalue weighted by atomic mass is 10.2. The number of nitrogens with one attached hydrogen (secondary N) is 1. The quantitative estimate of drug-likeness (QED) is 0.654. The van der Waals surface area contributed by atoms with Gasteiger partial charge in [-0.25, -0.2) is 4.98 Å². The summed E-state index contributed by atoms with van der Waals surface area (Å²) in [6.45, 7) is 11.1. The van der Waals surface area contributed by atoms with Crippen molar-refractivity contribution in [3.63, 3.8) is 0 Å². The second-order valence-electron chi connectivity index (χ2n) is 6.50. The fraction of sp³-hybridized carbons (Fsp3) is 0.765. The summed E-state index contributed by atoms with van der Waals surface area (Å²) in [5, 5.41) is 4.68. The maximum absolute atomic E-state index is 5.47. The van der Waals surface area contributed by atoms with Gasteiger partial charge in [-0.2, -0.15) is 0 Å². The van der Waals surface area contributed by atoms with E-state index < -0.39 is 0 Å². The highest BCUT2D eigenvalue weighted by atomic mass is 32.1. The summed E-state index contributed by atoms with van der Waals surface area (Å²) >= 11 is 1.80. The summed E-state index contributed by atoms with van der Waals surface area (Å²) in [5.41, 5.74) is 1.17. The van der Waals surface area contributed by atoms with E-state index in [9.17, 15) is 0 Å². The third-order valence-electron chi connectivity index (χ3n) is 4.87. The first-order valence-corrected chi connectivity index (χ1v) is 9.69. The van der Waals surface area contributed by atoms with E-state index in [-0.39, 0.29) is 0 Å². The van der Waals surface area contributed by atoms with Gasteiger partial charge in [-0.05, 0) is 20.3 Å². The minimum absolute atomic E-state index is 0.638. The number of guanidine groups is 1. The Morgan fingerprint density at radius 3 is 2.79 bits per heavy atom. The van der Waals surface area contributed by atoms with Gasteiger partial charge in [0, 0.05) is 57.1 Å². The Balaban J connectivity index is 1.47. The first-order valence-electron chi connectivity index (χ1n) is 8.87. The van der Waals surface area contributed by atoms with Crippen LogP contribution in [0.25, 0.3) is 0 Å². The Bertz CT molecular complexity index is 567. The zero-order chi connectivity index (χ0) is 16.9. The number of hydrogen-bond donors (Lipinski definition) is 1. The smallest absolute Gasteiger partial charge is 0.193 e. The van der Waals surface area contributed by atoms with Crippen LogP contribution < -0.4 is 5.32 Å². The number of hydrogen-bond acceptors (Lipinski definition) is 5. The van der Waals surface area contributed by atoms with Crippen LogP contribution in [-0.2, 0) is 11.2 Å². The van der Waals surface area contributed by atoms with Gasteiger partial charge in [0.15, 0.2) is 5.96 Å². The summed E-state index contributed by atoms with van der Waals surface area (Å²) in [7, 11) is 1.88. The number of aromatic nitrogens is 1. The first kappa shape index (κ1) is 17.6. The van der Waals surface area contributed by atoms with Crippen LogP contribution in [0.1, 0.15) is 22.0 Å². The molecule has 0 saturated carbocycles. The van der Waals surface area contributed by atoms with Gasteiger partial charge in [0.25, 0.3) is 0 Å². The molecule has 1 aromatic rings. The maximum Gasteiger partial charge on any atom is 0.193 e. The number of thiazole rings is 1. The van der Waals surface area contributed by atoms with Crippen LogP contribution in [0.15, 0.2) is 4.99 Å². The second-order valence-corrected chi connectivity index (χ2v) is 7.79. The summed E-state index contributed by atoms with van der Waals surface area (Å²) in [6, 6.07) is 0.638. The summed E-state index contributed by atoms with van der Waals surface area (Å²) in [5.74, 6) is 1.03. The minimum atomic E-state index is 0.638. The van der Waals surface area contributed by atoms with Crippen molar-refractivity contribution in [2.75, 3.05) is 53.0 Å². The Kier molecular flexibility index (Phi) is 6.08. The Hall–Kier alpha value is -1.18. The van der Waals surface area contributed by atoms with E-state index in [0.29, 0.717) is 6.04 Å². The number of aliphatic imine (C=N–C) groups is 1. The molecular formula is C17H29N5OS. The van der Waals surface area contributed by atoms with Crippen LogP contribution in [0, 0.1) is 13.8 Å². The van der Waals surface area contributed by atoms with E-state index >= 15 is 0 Å². The molecule has 2 fully saturated rings. The molecule has 0 aromatic carbocycles. The number of morpholine rings is 1. The van der Waals surface area contributed by atoms with Crippen molar-refractivity contribution in [1.82, 2.24) is 20.1 Å². The van der Waals surface area contributed by atoms with Gasteiger partial charge in [0.1, 0.15) is 0 Å². The molecular weight excluding hydrogens is 322 g/mol. The molecule has 1 N–H and O–H groups in total. The molecule has 1 aromatic heterocycles. The lowest BCUT2D eigenvalue weighted by Crippen LogP contribution is -2.46. The molecule has 0 aliphatic carbocycles. The summed E-state index contributed by atoms with van der Waals surface area (Å²) < 4.78 is 5.47. The Labute approximate surface area is 148 Å². The second kappa shape index (κ2) is 8.27. The molecule has 0 amide bonds. The van der Waals surface area contributed by atoms with Crippen molar-refractivity contribution in [2.24, 2.45) is 4.99 Å². The standard InChI is InChI=1S/C17H29N5OS/c1-13-16(24-14(2)20-13)4-6-19-17(18-3)22-7-5-15(12-22)21-8-10-23-11-9-21/h15H,4-12H2,1-3H3,(H,18,19). The van der Waals surface area contributed by atoms with Crippen molar-refractivity contribution in [3.8, 4) is 0 Å². The first-order chi connectivity index (χ1) is 11.7. The van der Waals surface area contributed by atoms with Gasteiger partial charge in [-0.3, -0.25) is 9.89 Å². The van der Waals surface area contributed by atoms with Gasteiger partial charge in [0.05, 0.1) is 23.9 Å². The zero-order valence-corrected chi connectivity index (χ0v) is 15.9. The largest absolute Gasteiger partial charge is 0.379 e. The van der Waals surface area contributed by atoms with Gasteiger partial charge in [-0.15, -0.1) is 11.3 Å². The predicted octanol–water partition coefficient (Wildman–Crippen LogP) is 1.28. The van der Waals surface area contributed by atoms with Crippen LogP contribution in [0.3, 0.4) is 0 Å². The number of rotatable bonds is 4. The van der Waals surface area contributed by atoms with E-state index in [1.54, 1.807) is 11.3 Å². The maximum atomic E-state index is 5.47. The average molecular weight is 352 g/mol. The lowest BCUT2D eigenvalue weighted by molar-refractivity contribution is 0.0195. The molecule has 24 heavy (non-hydrogen) atoms. The average Bonchev–Trinajstić information content (AvgIpc) is 3.19. The third-order valence-corrected chi connectivity index (χ3v) is 6.00. The molecule has 134 valence electrons. The summed E-state index contributed by atoms with van der Waals surface area (Å²) in [4.78, 5) is 15.3. The number of nitrogens with zero attached hydrogens (tertiary/aromatic N) is 4. The van der Waals surface area contributed by atoms with E-state index in [1.807, 2.05) is 7.05 Å². The normalized spacial score (nSPS) is 23.0. The van der Waals surface area contributed by atoms with Gasteiger partial charge in [-0.1, -0.05) is 0 Å². The molecule has 2 aliphatic rings. The highest BCUT2D eigenvalue weighted by molar-refractivity contribution is 7.11. The zero-order valence-electron chi connectivity index (χ0n) is 15.0. The van der Waals surface area contributed by atoms with Gasteiger partial charge < -0.3 is 15.0 Å². The van der Waals surface area contributed by atoms with Crippen molar-refractivity contribution in [2.45, 2.75) is 32.7 Å². The molecule has 0 bridgehead atoms. The van der Waals surface area contributed by atoms with Gasteiger partial charge in [0.2, 0.25) is 0 Å². The topological polar surface area (TPSA) is 53.0 Å².